The quantitative estimate of drug-likeness (QED) is 0.638. The third-order valence-electron chi connectivity index (χ3n) is 4.91. The minimum Gasteiger partial charge on any atom is -0.302 e. The van der Waals surface area contributed by atoms with E-state index >= 15 is 0 Å². The Labute approximate surface area is 122 Å². The third kappa shape index (κ3) is 2.75. The van der Waals surface area contributed by atoms with Crippen molar-refractivity contribution in [3.05, 3.63) is 18.0 Å². The highest BCUT2D eigenvalue weighted by Crippen LogP contribution is 2.43. The van der Waals surface area contributed by atoms with Gasteiger partial charge in [0.15, 0.2) is 0 Å². The van der Waals surface area contributed by atoms with Crippen LogP contribution in [0.5, 0.6) is 0 Å². The number of nitrogens with zero attached hydrogens (tertiary/aromatic N) is 3. The normalized spacial score (nSPS) is 28.8. The molecule has 1 aliphatic carbocycles. The second kappa shape index (κ2) is 6.24. The van der Waals surface area contributed by atoms with Gasteiger partial charge in [0.1, 0.15) is 0 Å². The van der Waals surface area contributed by atoms with Crippen molar-refractivity contribution in [1.82, 2.24) is 20.1 Å². The number of rotatable bonds is 5. The standard InChI is InChI=1S/C15H29N5/c1-5-20-11-13(10-17-20)14(18-16)15(19(3)4)8-6-7-12(2)9-15/h10-12,14,18H,5-9,16H2,1-4H3. The molecule has 0 saturated heterocycles. The van der Waals surface area contributed by atoms with Gasteiger partial charge in [0.2, 0.25) is 0 Å². The second-order valence-corrected chi connectivity index (χ2v) is 6.43. The molecule has 0 amide bonds. The maximum atomic E-state index is 5.94. The summed E-state index contributed by atoms with van der Waals surface area (Å²) >= 11 is 0. The van der Waals surface area contributed by atoms with Crippen LogP contribution in [-0.4, -0.2) is 34.3 Å². The van der Waals surface area contributed by atoms with Crippen LogP contribution in [0, 0.1) is 5.92 Å². The fourth-order valence-electron chi connectivity index (χ4n) is 3.75. The van der Waals surface area contributed by atoms with Crippen LogP contribution in [0.15, 0.2) is 12.4 Å². The van der Waals surface area contributed by atoms with E-state index in [4.69, 9.17) is 5.84 Å². The first-order valence-corrected chi connectivity index (χ1v) is 7.69. The Morgan fingerprint density at radius 1 is 1.60 bits per heavy atom. The van der Waals surface area contributed by atoms with E-state index in [1.807, 2.05) is 10.9 Å². The van der Waals surface area contributed by atoms with E-state index in [1.165, 1.54) is 31.2 Å². The van der Waals surface area contributed by atoms with Crippen LogP contribution in [0.1, 0.15) is 51.1 Å². The Balaban J connectivity index is 2.34. The molecule has 0 bridgehead atoms. The highest BCUT2D eigenvalue weighted by Gasteiger charge is 2.44. The zero-order valence-electron chi connectivity index (χ0n) is 13.3. The Morgan fingerprint density at radius 3 is 2.85 bits per heavy atom. The SMILES string of the molecule is CCn1cc(C(NN)C2(N(C)C)CCCC(C)C2)cn1. The third-order valence-corrected chi connectivity index (χ3v) is 4.91. The number of aryl methyl sites for hydroxylation is 1. The van der Waals surface area contributed by atoms with Gasteiger partial charge in [0.25, 0.3) is 0 Å². The molecule has 3 unspecified atom stereocenters. The molecule has 2 rings (SSSR count). The number of nitrogens with two attached hydrogens (primary N) is 1. The van der Waals surface area contributed by atoms with Gasteiger partial charge in [-0.3, -0.25) is 16.0 Å². The summed E-state index contributed by atoms with van der Waals surface area (Å²) in [6.07, 6.45) is 9.01. The summed E-state index contributed by atoms with van der Waals surface area (Å²) in [7, 11) is 4.35. The smallest absolute Gasteiger partial charge is 0.0674 e. The molecule has 0 spiro atoms. The van der Waals surface area contributed by atoms with Crippen molar-refractivity contribution in [1.29, 1.82) is 0 Å². The number of hydrogen-bond acceptors (Lipinski definition) is 4. The van der Waals surface area contributed by atoms with Crippen LogP contribution < -0.4 is 11.3 Å². The van der Waals surface area contributed by atoms with Crippen molar-refractivity contribution in [2.75, 3.05) is 14.1 Å². The monoisotopic (exact) mass is 279 g/mol. The van der Waals surface area contributed by atoms with E-state index in [2.05, 4.69) is 49.6 Å². The van der Waals surface area contributed by atoms with Gasteiger partial charge in [-0.1, -0.05) is 19.8 Å². The molecule has 1 saturated carbocycles. The zero-order chi connectivity index (χ0) is 14.8. The number of hydrogen-bond donors (Lipinski definition) is 2. The van der Waals surface area contributed by atoms with Crippen LogP contribution in [0.25, 0.3) is 0 Å². The van der Waals surface area contributed by atoms with E-state index < -0.39 is 0 Å². The van der Waals surface area contributed by atoms with Gasteiger partial charge in [0.05, 0.1) is 12.2 Å². The predicted octanol–water partition coefficient (Wildman–Crippen LogP) is 1.92. The summed E-state index contributed by atoms with van der Waals surface area (Å²) < 4.78 is 1.97. The van der Waals surface area contributed by atoms with Crippen molar-refractivity contribution in [3.63, 3.8) is 0 Å². The van der Waals surface area contributed by atoms with Crippen LogP contribution in [-0.2, 0) is 6.54 Å². The molecule has 1 heterocycles. The molecule has 5 heteroatoms. The summed E-state index contributed by atoms with van der Waals surface area (Å²) in [6, 6.07) is 0.126. The Kier molecular flexibility index (Phi) is 4.83. The second-order valence-electron chi connectivity index (χ2n) is 6.43. The Morgan fingerprint density at radius 2 is 2.35 bits per heavy atom. The van der Waals surface area contributed by atoms with E-state index in [0.717, 1.165) is 12.5 Å². The molecule has 0 aromatic carbocycles. The molecule has 5 nitrogen and oxygen atoms in total. The molecule has 0 aliphatic heterocycles. The van der Waals surface area contributed by atoms with E-state index in [9.17, 15) is 0 Å². The summed E-state index contributed by atoms with van der Waals surface area (Å²) in [5, 5.41) is 4.41. The molecular weight excluding hydrogens is 250 g/mol. The van der Waals surface area contributed by atoms with Gasteiger partial charge in [0, 0.05) is 23.8 Å². The molecule has 1 aromatic heterocycles. The van der Waals surface area contributed by atoms with Gasteiger partial charge < -0.3 is 4.90 Å². The molecule has 3 atom stereocenters. The highest BCUT2D eigenvalue weighted by atomic mass is 15.3. The summed E-state index contributed by atoms with van der Waals surface area (Å²) in [5.41, 5.74) is 4.34. The number of nitrogens with one attached hydrogen (secondary N) is 1. The van der Waals surface area contributed by atoms with E-state index in [1.54, 1.807) is 0 Å². The number of aromatic nitrogens is 2. The first kappa shape index (κ1) is 15.5. The molecule has 0 radical (unpaired) electrons. The van der Waals surface area contributed by atoms with Gasteiger partial charge in [-0.05, 0) is 39.8 Å². The lowest BCUT2D eigenvalue weighted by atomic mass is 9.70. The average molecular weight is 279 g/mol. The molecular formula is C15H29N5. The molecule has 114 valence electrons. The summed E-state index contributed by atoms with van der Waals surface area (Å²) in [4.78, 5) is 2.36. The topological polar surface area (TPSA) is 59.1 Å². The Bertz CT molecular complexity index is 428. The summed E-state index contributed by atoms with van der Waals surface area (Å²) in [5.74, 6) is 6.68. The van der Waals surface area contributed by atoms with Gasteiger partial charge in [-0.25, -0.2) is 0 Å². The molecule has 1 aliphatic rings. The number of hydrazine groups is 1. The lowest BCUT2D eigenvalue weighted by Crippen LogP contribution is -2.57. The first-order valence-electron chi connectivity index (χ1n) is 7.69. The largest absolute Gasteiger partial charge is 0.302 e. The zero-order valence-corrected chi connectivity index (χ0v) is 13.3. The molecule has 3 N–H and O–H groups in total. The van der Waals surface area contributed by atoms with Crippen LogP contribution in [0.2, 0.25) is 0 Å². The van der Waals surface area contributed by atoms with Crippen molar-refractivity contribution in [2.24, 2.45) is 11.8 Å². The van der Waals surface area contributed by atoms with Crippen molar-refractivity contribution in [3.8, 4) is 0 Å². The van der Waals surface area contributed by atoms with Gasteiger partial charge in [-0.15, -0.1) is 0 Å². The van der Waals surface area contributed by atoms with Crippen molar-refractivity contribution in [2.45, 2.75) is 57.7 Å². The molecule has 20 heavy (non-hydrogen) atoms. The fraction of sp³-hybridized carbons (Fsp3) is 0.800. The fourth-order valence-corrected chi connectivity index (χ4v) is 3.75. The predicted molar refractivity (Wildman–Crippen MR) is 82.0 cm³/mol. The maximum absolute atomic E-state index is 5.94. The minimum absolute atomic E-state index is 0.0774. The van der Waals surface area contributed by atoms with Crippen molar-refractivity contribution >= 4 is 0 Å². The maximum Gasteiger partial charge on any atom is 0.0674 e. The highest BCUT2D eigenvalue weighted by molar-refractivity contribution is 5.18. The van der Waals surface area contributed by atoms with Gasteiger partial charge in [-0.2, -0.15) is 5.10 Å². The average Bonchev–Trinajstić information content (AvgIpc) is 2.88. The van der Waals surface area contributed by atoms with E-state index in [-0.39, 0.29) is 11.6 Å². The van der Waals surface area contributed by atoms with E-state index in [0.29, 0.717) is 0 Å². The minimum atomic E-state index is 0.0774. The molecule has 1 aromatic rings. The van der Waals surface area contributed by atoms with Crippen LogP contribution >= 0.6 is 0 Å². The van der Waals surface area contributed by atoms with Crippen LogP contribution in [0.4, 0.5) is 0 Å². The number of likely N-dealkylation sites (N-methyl/N-ethyl adjacent to an activating group) is 1. The lowest BCUT2D eigenvalue weighted by Gasteiger charge is -2.49. The summed E-state index contributed by atoms with van der Waals surface area (Å²) in [6.45, 7) is 5.34. The van der Waals surface area contributed by atoms with Gasteiger partial charge >= 0.3 is 0 Å². The molecule has 1 fully saturated rings. The van der Waals surface area contributed by atoms with Crippen LogP contribution in [0.3, 0.4) is 0 Å². The lowest BCUT2D eigenvalue weighted by molar-refractivity contribution is 0.0366. The Hall–Kier alpha value is -0.910. The first-order chi connectivity index (χ1) is 9.53. The van der Waals surface area contributed by atoms with Crippen molar-refractivity contribution < 1.29 is 0 Å².